The Morgan fingerprint density at radius 1 is 0.596 bits per heavy atom. The van der Waals surface area contributed by atoms with Gasteiger partial charge in [0, 0.05) is 12.8 Å². The molecule has 0 aliphatic heterocycles. The summed E-state index contributed by atoms with van der Waals surface area (Å²) in [5.41, 5.74) is 0. The van der Waals surface area contributed by atoms with Gasteiger partial charge in [-0.05, 0) is 50.9 Å². The van der Waals surface area contributed by atoms with E-state index < -0.39 is 12.2 Å². The first kappa shape index (κ1) is 44.3. The van der Waals surface area contributed by atoms with E-state index in [1.165, 1.54) is 51.4 Å². The summed E-state index contributed by atoms with van der Waals surface area (Å²) in [6, 6.07) is 0. The lowest BCUT2D eigenvalue weighted by Gasteiger charge is -2.12. The Morgan fingerprint density at radius 3 is 1.72 bits per heavy atom. The molecule has 0 bridgehead atoms. The number of hydrogen-bond acceptors (Lipinski definition) is 6. The van der Waals surface area contributed by atoms with E-state index in [0.717, 1.165) is 50.9 Å². The smallest absolute Gasteiger partial charge is 0.306 e. The Balaban J connectivity index is 3.68. The van der Waals surface area contributed by atoms with Gasteiger partial charge in [-0.3, -0.25) is 9.59 Å². The molecule has 0 radical (unpaired) electrons. The molecule has 1 unspecified atom stereocenters. The first-order valence-electron chi connectivity index (χ1n) is 18.5. The molecule has 0 aromatic heterocycles. The minimum absolute atomic E-state index is 0.155. The predicted octanol–water partition coefficient (Wildman–Crippen LogP) is 10.2. The Bertz CT molecular complexity index is 911. The summed E-state index contributed by atoms with van der Waals surface area (Å²) in [7, 11) is 0. The lowest BCUT2D eigenvalue weighted by molar-refractivity contribution is -0.152. The molecule has 6 heteroatoms. The molecule has 6 nitrogen and oxygen atoms in total. The highest BCUT2D eigenvalue weighted by Crippen LogP contribution is 2.14. The van der Waals surface area contributed by atoms with Gasteiger partial charge in [0.15, 0.2) is 0 Å². The lowest BCUT2D eigenvalue weighted by atomic mass is 10.0. The van der Waals surface area contributed by atoms with Crippen molar-refractivity contribution in [1.82, 2.24) is 0 Å². The van der Waals surface area contributed by atoms with Gasteiger partial charge in [0.25, 0.3) is 0 Å². The second-order valence-electron chi connectivity index (χ2n) is 12.6. The van der Waals surface area contributed by atoms with Gasteiger partial charge in [0.2, 0.25) is 0 Å². The summed E-state index contributed by atoms with van der Waals surface area (Å²) in [4.78, 5) is 23.8. The van der Waals surface area contributed by atoms with E-state index in [4.69, 9.17) is 9.47 Å². The predicted molar refractivity (Wildman–Crippen MR) is 197 cm³/mol. The SMILES string of the molecule is CC/C=C\C/C=C\CC(O)/C=C/C=C\C/C=C\C/C=C\CCC(=O)OC[C@@H](O)COC(=O)CCCCCCCCCCCCC(C)C. The average molecular weight is 657 g/mol. The molecule has 47 heavy (non-hydrogen) atoms. The lowest BCUT2D eigenvalue weighted by Crippen LogP contribution is -2.25. The van der Waals surface area contributed by atoms with Gasteiger partial charge in [-0.2, -0.15) is 0 Å². The summed E-state index contributed by atoms with van der Waals surface area (Å²) in [5, 5.41) is 19.9. The van der Waals surface area contributed by atoms with Crippen LogP contribution in [0, 0.1) is 5.92 Å². The van der Waals surface area contributed by atoms with Crippen LogP contribution in [0.4, 0.5) is 0 Å². The van der Waals surface area contributed by atoms with E-state index >= 15 is 0 Å². The molecule has 268 valence electrons. The summed E-state index contributed by atoms with van der Waals surface area (Å²) in [6.45, 7) is 6.36. The molecule has 0 aromatic carbocycles. The highest BCUT2D eigenvalue weighted by molar-refractivity contribution is 5.70. The van der Waals surface area contributed by atoms with Crippen LogP contribution in [0.3, 0.4) is 0 Å². The van der Waals surface area contributed by atoms with Gasteiger partial charge in [0.1, 0.15) is 19.3 Å². The van der Waals surface area contributed by atoms with E-state index in [9.17, 15) is 19.8 Å². The molecule has 2 N–H and O–H groups in total. The van der Waals surface area contributed by atoms with Crippen LogP contribution >= 0.6 is 0 Å². The van der Waals surface area contributed by atoms with E-state index in [0.29, 0.717) is 19.3 Å². The van der Waals surface area contributed by atoms with E-state index in [2.05, 4.69) is 51.2 Å². The van der Waals surface area contributed by atoms with Gasteiger partial charge in [0.05, 0.1) is 6.10 Å². The molecule has 0 rings (SSSR count). The van der Waals surface area contributed by atoms with Gasteiger partial charge in [-0.1, -0.05) is 158 Å². The van der Waals surface area contributed by atoms with E-state index in [1.807, 2.05) is 36.5 Å². The largest absolute Gasteiger partial charge is 0.463 e. The Kier molecular flexibility index (Phi) is 32.6. The van der Waals surface area contributed by atoms with E-state index in [-0.39, 0.29) is 31.6 Å². The zero-order chi connectivity index (χ0) is 34.6. The molecule has 0 amide bonds. The number of aliphatic hydroxyl groups is 2. The Morgan fingerprint density at radius 2 is 1.11 bits per heavy atom. The minimum Gasteiger partial charge on any atom is -0.463 e. The average Bonchev–Trinajstić information content (AvgIpc) is 3.05. The molecule has 0 heterocycles. The number of carbonyl (C=O) groups excluding carboxylic acids is 2. The molecule has 2 atom stereocenters. The zero-order valence-corrected chi connectivity index (χ0v) is 30.0. The molecule has 0 spiro atoms. The highest BCUT2D eigenvalue weighted by atomic mass is 16.6. The van der Waals surface area contributed by atoms with Crippen molar-refractivity contribution in [2.45, 2.75) is 155 Å². The quantitative estimate of drug-likeness (QED) is 0.0334. The van der Waals surface area contributed by atoms with Crippen LogP contribution in [-0.4, -0.2) is 47.6 Å². The van der Waals surface area contributed by atoms with Crippen LogP contribution in [-0.2, 0) is 19.1 Å². The first-order valence-corrected chi connectivity index (χ1v) is 18.5. The van der Waals surface area contributed by atoms with Gasteiger partial charge in [-0.25, -0.2) is 0 Å². The summed E-state index contributed by atoms with van der Waals surface area (Å²) in [5.74, 6) is 0.123. The fraction of sp³-hybridized carbons (Fsp3) is 0.659. The summed E-state index contributed by atoms with van der Waals surface area (Å²) < 4.78 is 10.2. The molecule has 0 aromatic rings. The maximum absolute atomic E-state index is 11.9. The standard InChI is InChI=1S/C41H68O6/c1-4-5-6-7-21-26-31-38(42)32-27-22-17-13-9-11-15-19-24-29-34-41(45)47-36-39(43)35-46-40(44)33-28-23-18-14-10-8-12-16-20-25-30-37(2)3/h5-6,9,11,17,19,21-22,24,26-27,32,37-39,42-43H,4,7-8,10,12-16,18,20,23,25,28-31,33-36H2,1-3H3/b6-5-,11-9-,22-17-,24-19-,26-21-,32-27+/t38?,39-/m0/s1. The third-order valence-electron chi connectivity index (χ3n) is 7.48. The Hall–Kier alpha value is -2.70. The molecule has 0 aliphatic rings. The van der Waals surface area contributed by atoms with Crippen LogP contribution in [0.5, 0.6) is 0 Å². The number of allylic oxidation sites excluding steroid dienone is 10. The van der Waals surface area contributed by atoms with Crippen molar-refractivity contribution in [1.29, 1.82) is 0 Å². The number of esters is 2. The van der Waals surface area contributed by atoms with Gasteiger partial charge < -0.3 is 19.7 Å². The van der Waals surface area contributed by atoms with Crippen molar-refractivity contribution in [3.8, 4) is 0 Å². The Labute approximate surface area is 287 Å². The van der Waals surface area contributed by atoms with Crippen LogP contribution in [0.2, 0.25) is 0 Å². The number of rotatable bonds is 31. The first-order chi connectivity index (χ1) is 22.8. The van der Waals surface area contributed by atoms with Crippen LogP contribution in [0.25, 0.3) is 0 Å². The van der Waals surface area contributed by atoms with Crippen LogP contribution in [0.15, 0.2) is 72.9 Å². The monoisotopic (exact) mass is 657 g/mol. The van der Waals surface area contributed by atoms with Gasteiger partial charge in [-0.15, -0.1) is 0 Å². The number of aliphatic hydroxyl groups excluding tert-OH is 2. The molecular formula is C41H68O6. The normalized spacial score (nSPS) is 13.8. The van der Waals surface area contributed by atoms with Crippen molar-refractivity contribution in [3.63, 3.8) is 0 Å². The van der Waals surface area contributed by atoms with Crippen LogP contribution < -0.4 is 0 Å². The van der Waals surface area contributed by atoms with E-state index in [1.54, 1.807) is 6.08 Å². The molecule has 0 aliphatic carbocycles. The second kappa shape index (κ2) is 34.6. The third-order valence-corrected chi connectivity index (χ3v) is 7.48. The fourth-order valence-electron chi connectivity index (χ4n) is 4.67. The number of hydrogen-bond donors (Lipinski definition) is 2. The number of carbonyl (C=O) groups is 2. The fourth-order valence-corrected chi connectivity index (χ4v) is 4.67. The molecule has 0 fully saturated rings. The maximum Gasteiger partial charge on any atom is 0.306 e. The second-order valence-corrected chi connectivity index (χ2v) is 12.6. The van der Waals surface area contributed by atoms with Crippen LogP contribution in [0.1, 0.15) is 143 Å². The van der Waals surface area contributed by atoms with Crippen molar-refractivity contribution in [2.75, 3.05) is 13.2 Å². The third kappa shape index (κ3) is 36.0. The topological polar surface area (TPSA) is 93.1 Å². The minimum atomic E-state index is -1.01. The molecule has 0 saturated heterocycles. The molecular weight excluding hydrogens is 588 g/mol. The molecule has 0 saturated carbocycles. The summed E-state index contributed by atoms with van der Waals surface area (Å²) >= 11 is 0. The number of unbranched alkanes of at least 4 members (excludes halogenated alkanes) is 9. The van der Waals surface area contributed by atoms with Crippen molar-refractivity contribution in [3.05, 3.63) is 72.9 Å². The maximum atomic E-state index is 11.9. The highest BCUT2D eigenvalue weighted by Gasteiger charge is 2.11. The van der Waals surface area contributed by atoms with Crippen molar-refractivity contribution in [2.24, 2.45) is 5.92 Å². The van der Waals surface area contributed by atoms with Gasteiger partial charge >= 0.3 is 11.9 Å². The van der Waals surface area contributed by atoms with Crippen molar-refractivity contribution >= 4 is 11.9 Å². The summed E-state index contributed by atoms with van der Waals surface area (Å²) in [6.07, 6.45) is 41.4. The number of ether oxygens (including phenoxy) is 2. The van der Waals surface area contributed by atoms with Crippen molar-refractivity contribution < 1.29 is 29.3 Å². The zero-order valence-electron chi connectivity index (χ0n) is 30.0.